The molecule has 0 saturated carbocycles. The molecule has 0 fully saturated rings. The van der Waals surface area contributed by atoms with Gasteiger partial charge in [-0.3, -0.25) is 0 Å². The van der Waals surface area contributed by atoms with Gasteiger partial charge in [0.25, 0.3) is 0 Å². The molecule has 0 bridgehead atoms. The van der Waals surface area contributed by atoms with E-state index in [4.69, 9.17) is 4.74 Å². The number of aromatic carboxylic acids is 1. The third kappa shape index (κ3) is 7.51. The summed E-state index contributed by atoms with van der Waals surface area (Å²) in [6.07, 6.45) is 0.595. The van der Waals surface area contributed by atoms with Crippen molar-refractivity contribution in [1.82, 2.24) is 5.32 Å². The Kier molecular flexibility index (Phi) is 8.95. The van der Waals surface area contributed by atoms with E-state index in [0.717, 1.165) is 23.1 Å². The summed E-state index contributed by atoms with van der Waals surface area (Å²) in [6.45, 7) is 6.91. The molecule has 0 radical (unpaired) electrons. The van der Waals surface area contributed by atoms with Crippen molar-refractivity contribution in [3.05, 3.63) is 119 Å². The van der Waals surface area contributed by atoms with Gasteiger partial charge in [0.2, 0.25) is 0 Å². The lowest BCUT2D eigenvalue weighted by Gasteiger charge is -2.28. The Bertz CT molecular complexity index is 1380. The predicted molar refractivity (Wildman–Crippen MR) is 153 cm³/mol. The average molecular weight is 512 g/mol. The third-order valence-electron chi connectivity index (χ3n) is 6.88. The van der Waals surface area contributed by atoms with E-state index in [1.807, 2.05) is 37.3 Å². The first-order chi connectivity index (χ1) is 18.2. The van der Waals surface area contributed by atoms with Gasteiger partial charge in [-0.15, -0.1) is 0 Å². The second kappa shape index (κ2) is 12.4. The smallest absolute Gasteiger partial charge is 0.335 e. The number of nitrogens with one attached hydrogen (secondary N) is 1. The van der Waals surface area contributed by atoms with E-state index in [2.05, 4.69) is 61.6 Å². The molecule has 1 unspecified atom stereocenters. The van der Waals surface area contributed by atoms with Crippen molar-refractivity contribution < 1.29 is 19.7 Å². The summed E-state index contributed by atoms with van der Waals surface area (Å²) in [4.78, 5) is 11.3. The molecule has 4 aromatic carbocycles. The molecule has 0 aliphatic rings. The molecule has 4 rings (SSSR count). The molecule has 2 atom stereocenters. The van der Waals surface area contributed by atoms with Crippen molar-refractivity contribution in [3.63, 3.8) is 0 Å². The van der Waals surface area contributed by atoms with Gasteiger partial charge in [0.1, 0.15) is 0 Å². The Balaban J connectivity index is 1.30. The van der Waals surface area contributed by atoms with Gasteiger partial charge >= 0.3 is 5.97 Å². The quantitative estimate of drug-likeness (QED) is 0.212. The van der Waals surface area contributed by atoms with Gasteiger partial charge in [-0.2, -0.15) is 0 Å². The van der Waals surface area contributed by atoms with Crippen LogP contribution in [0.3, 0.4) is 0 Å². The number of carboxylic acid groups (broad SMARTS) is 1. The maximum atomic E-state index is 11.3. The molecule has 5 nitrogen and oxygen atoms in total. The van der Waals surface area contributed by atoms with Crippen LogP contribution in [0, 0.1) is 0 Å². The van der Waals surface area contributed by atoms with Crippen molar-refractivity contribution in [1.29, 1.82) is 0 Å². The summed E-state index contributed by atoms with van der Waals surface area (Å²) < 4.78 is 6.08. The number of ether oxygens (including phenoxy) is 1. The van der Waals surface area contributed by atoms with Crippen LogP contribution < -0.4 is 5.32 Å². The van der Waals surface area contributed by atoms with E-state index in [1.54, 1.807) is 18.2 Å². The summed E-state index contributed by atoms with van der Waals surface area (Å²) in [5, 5.41) is 25.9. The fraction of sp³-hybridized carbons (Fsp3) is 0.303. The Morgan fingerprint density at radius 2 is 1.63 bits per heavy atom. The van der Waals surface area contributed by atoms with Crippen molar-refractivity contribution in [2.75, 3.05) is 13.2 Å². The molecule has 38 heavy (non-hydrogen) atoms. The monoisotopic (exact) mass is 511 g/mol. The first-order valence-electron chi connectivity index (χ1n) is 13.1. The van der Waals surface area contributed by atoms with E-state index in [0.29, 0.717) is 13.0 Å². The zero-order chi connectivity index (χ0) is 27.1. The van der Waals surface area contributed by atoms with Crippen molar-refractivity contribution in [2.45, 2.75) is 51.4 Å². The maximum Gasteiger partial charge on any atom is 0.335 e. The first-order valence-corrected chi connectivity index (χ1v) is 13.1. The molecule has 0 aromatic heterocycles. The number of aliphatic hydroxyl groups is 1. The Labute approximate surface area is 225 Å². The van der Waals surface area contributed by atoms with E-state index in [9.17, 15) is 15.0 Å². The molecule has 0 heterocycles. The van der Waals surface area contributed by atoms with Crippen LogP contribution in [0.2, 0.25) is 0 Å². The van der Waals surface area contributed by atoms with Crippen molar-refractivity contribution in [2.24, 2.45) is 0 Å². The fourth-order valence-electron chi connectivity index (χ4n) is 4.85. The van der Waals surface area contributed by atoms with Gasteiger partial charge in [-0.05, 0) is 78.8 Å². The highest BCUT2D eigenvalue weighted by molar-refractivity contribution is 5.87. The molecule has 0 spiro atoms. The summed E-state index contributed by atoms with van der Waals surface area (Å²) in [6, 6.07) is 29.9. The van der Waals surface area contributed by atoms with Crippen molar-refractivity contribution in [3.8, 4) is 0 Å². The highest BCUT2D eigenvalue weighted by Crippen LogP contribution is 2.24. The minimum Gasteiger partial charge on any atom is -0.478 e. The minimum atomic E-state index is -0.931. The number of β-amino-alcohol motifs (C(OH)–C–C–N with tert-alkyl or cyclic N) is 1. The zero-order valence-corrected chi connectivity index (χ0v) is 22.4. The largest absolute Gasteiger partial charge is 0.478 e. The van der Waals surface area contributed by atoms with Crippen LogP contribution in [0.5, 0.6) is 0 Å². The highest BCUT2D eigenvalue weighted by Gasteiger charge is 2.20. The van der Waals surface area contributed by atoms with Gasteiger partial charge in [0, 0.05) is 12.1 Å². The standard InChI is InChI=1S/C33H37NO4/c1-23(31-14-7-6-12-28(31)17-24-9-8-13-29(18-24)32(36)37)38-22-30(35)21-34-33(2,3)20-25-15-16-26-10-4-5-11-27(26)19-25/h4-16,18-19,23,30,34-35H,17,20-22H2,1-3H3,(H,36,37)/t23?,30-/m1/s1. The normalized spacial score (nSPS) is 13.4. The third-order valence-corrected chi connectivity index (χ3v) is 6.88. The van der Waals surface area contributed by atoms with Crippen LogP contribution in [0.1, 0.15) is 59.5 Å². The summed E-state index contributed by atoms with van der Waals surface area (Å²) >= 11 is 0. The SMILES string of the molecule is CC(OC[C@H](O)CNC(C)(C)Cc1ccc2ccccc2c1)c1ccccc1Cc1cccc(C(=O)O)c1. The topological polar surface area (TPSA) is 78.8 Å². The van der Waals surface area contributed by atoms with Gasteiger partial charge in [0.05, 0.1) is 24.4 Å². The van der Waals surface area contributed by atoms with E-state index < -0.39 is 12.1 Å². The first kappa shape index (κ1) is 27.5. The summed E-state index contributed by atoms with van der Waals surface area (Å²) in [7, 11) is 0. The van der Waals surface area contributed by atoms with Crippen LogP contribution in [-0.2, 0) is 17.6 Å². The van der Waals surface area contributed by atoms with E-state index in [1.165, 1.54) is 16.3 Å². The van der Waals surface area contributed by atoms with Crippen LogP contribution in [-0.4, -0.2) is 41.0 Å². The molecular weight excluding hydrogens is 474 g/mol. The maximum absolute atomic E-state index is 11.3. The van der Waals surface area contributed by atoms with Crippen LogP contribution in [0.15, 0.2) is 91.0 Å². The number of carbonyl (C=O) groups is 1. The molecule has 198 valence electrons. The Morgan fingerprint density at radius 1 is 0.895 bits per heavy atom. The number of carboxylic acids is 1. The summed E-state index contributed by atoms with van der Waals surface area (Å²) in [5.74, 6) is -0.931. The van der Waals surface area contributed by atoms with Crippen LogP contribution >= 0.6 is 0 Å². The van der Waals surface area contributed by atoms with Crippen LogP contribution in [0.25, 0.3) is 10.8 Å². The lowest BCUT2D eigenvalue weighted by molar-refractivity contribution is -0.00445. The summed E-state index contributed by atoms with van der Waals surface area (Å²) in [5.41, 5.74) is 4.39. The minimum absolute atomic E-state index is 0.188. The second-order valence-electron chi connectivity index (χ2n) is 10.6. The van der Waals surface area contributed by atoms with Gasteiger partial charge < -0.3 is 20.3 Å². The molecule has 0 saturated heterocycles. The highest BCUT2D eigenvalue weighted by atomic mass is 16.5. The number of hydrogen-bond donors (Lipinski definition) is 3. The van der Waals surface area contributed by atoms with Gasteiger partial charge in [-0.25, -0.2) is 4.79 Å². The van der Waals surface area contributed by atoms with Crippen LogP contribution in [0.4, 0.5) is 0 Å². The second-order valence-corrected chi connectivity index (χ2v) is 10.6. The molecule has 3 N–H and O–H groups in total. The van der Waals surface area contributed by atoms with E-state index >= 15 is 0 Å². The molecule has 0 amide bonds. The molecule has 5 heteroatoms. The zero-order valence-electron chi connectivity index (χ0n) is 22.4. The Morgan fingerprint density at radius 3 is 2.42 bits per heavy atom. The molecular formula is C33H37NO4. The average Bonchev–Trinajstić information content (AvgIpc) is 2.91. The fourth-order valence-corrected chi connectivity index (χ4v) is 4.85. The molecule has 0 aliphatic carbocycles. The lowest BCUT2D eigenvalue weighted by atomic mass is 9.93. The van der Waals surface area contributed by atoms with E-state index in [-0.39, 0.29) is 23.8 Å². The Hall–Kier alpha value is -3.51. The number of rotatable bonds is 12. The predicted octanol–water partition coefficient (Wildman–Crippen LogP) is 6.18. The number of aliphatic hydroxyl groups excluding tert-OH is 1. The number of hydrogen-bond acceptors (Lipinski definition) is 4. The lowest BCUT2D eigenvalue weighted by Crippen LogP contribution is -2.46. The van der Waals surface area contributed by atoms with Gasteiger partial charge in [0.15, 0.2) is 0 Å². The molecule has 4 aromatic rings. The number of benzene rings is 4. The number of fused-ring (bicyclic) bond motifs is 1. The van der Waals surface area contributed by atoms with Crippen molar-refractivity contribution >= 4 is 16.7 Å². The molecule has 0 aliphatic heterocycles. The van der Waals surface area contributed by atoms with Gasteiger partial charge in [-0.1, -0.05) is 78.9 Å².